The van der Waals surface area contributed by atoms with Gasteiger partial charge in [-0.15, -0.1) is 12.4 Å². The first-order chi connectivity index (χ1) is 8.40. The van der Waals surface area contributed by atoms with Gasteiger partial charge in [-0.25, -0.2) is 0 Å². The fourth-order valence-electron chi connectivity index (χ4n) is 1.46. The molecule has 0 aliphatic rings. The van der Waals surface area contributed by atoms with Crippen molar-refractivity contribution in [2.75, 3.05) is 19.5 Å². The van der Waals surface area contributed by atoms with Crippen LogP contribution in [0.15, 0.2) is 24.3 Å². The van der Waals surface area contributed by atoms with Gasteiger partial charge in [0.1, 0.15) is 5.75 Å². The molecule has 0 aliphatic carbocycles. The average Bonchev–Trinajstić information content (AvgIpc) is 2.29. The number of benzene rings is 1. The summed E-state index contributed by atoms with van der Waals surface area (Å²) in [5, 5.41) is 0. The van der Waals surface area contributed by atoms with E-state index in [9.17, 15) is 8.42 Å². The fraction of sp³-hybridized carbons (Fsp3) is 0.500. The lowest BCUT2D eigenvalue weighted by Gasteiger charge is -2.11. The van der Waals surface area contributed by atoms with Crippen molar-refractivity contribution in [1.29, 1.82) is 0 Å². The van der Waals surface area contributed by atoms with E-state index < -0.39 is 10.1 Å². The van der Waals surface area contributed by atoms with Crippen LogP contribution in [0, 0.1) is 0 Å². The third kappa shape index (κ3) is 8.05. The van der Waals surface area contributed by atoms with E-state index >= 15 is 0 Å². The zero-order valence-corrected chi connectivity index (χ0v) is 12.7. The minimum atomic E-state index is -3.43. The van der Waals surface area contributed by atoms with Crippen LogP contribution in [-0.4, -0.2) is 33.9 Å². The highest BCUT2D eigenvalue weighted by atomic mass is 35.5. The van der Waals surface area contributed by atoms with Gasteiger partial charge >= 0.3 is 0 Å². The molecular weight excluding hydrogens is 290 g/mol. The van der Waals surface area contributed by atoms with Gasteiger partial charge in [-0.05, 0) is 31.0 Å². The Bertz CT molecular complexity index is 461. The van der Waals surface area contributed by atoms with Crippen molar-refractivity contribution in [3.05, 3.63) is 29.8 Å². The topological polar surface area (TPSA) is 78.6 Å². The maximum absolute atomic E-state index is 10.8. The van der Waals surface area contributed by atoms with Gasteiger partial charge in [0.05, 0.1) is 19.5 Å². The standard InChI is InChI=1S/C12H19NO4S.ClH/c1-3-16-12-6-4-10(5-7-12)8-11(13)9-17-18(2,14)15;/h4-7,11H,3,8-9,13H2,1-2H3;1H/t11-;/m0./s1. The van der Waals surface area contributed by atoms with Gasteiger partial charge in [0.15, 0.2) is 0 Å². The Morgan fingerprint density at radius 2 is 1.84 bits per heavy atom. The van der Waals surface area contributed by atoms with E-state index in [4.69, 9.17) is 10.5 Å². The van der Waals surface area contributed by atoms with Crippen LogP contribution in [0.5, 0.6) is 5.75 Å². The molecule has 7 heteroatoms. The van der Waals surface area contributed by atoms with Crippen LogP contribution in [0.4, 0.5) is 0 Å². The SMILES string of the molecule is CCOc1ccc(C[C@H](N)COS(C)(=O)=O)cc1.Cl. The number of ether oxygens (including phenoxy) is 1. The lowest BCUT2D eigenvalue weighted by atomic mass is 10.1. The number of hydrogen-bond acceptors (Lipinski definition) is 5. The molecule has 1 atom stereocenters. The normalized spacial score (nSPS) is 12.6. The first kappa shape index (κ1) is 18.2. The summed E-state index contributed by atoms with van der Waals surface area (Å²) in [5.74, 6) is 0.808. The van der Waals surface area contributed by atoms with Gasteiger partial charge in [0.2, 0.25) is 0 Å². The first-order valence-electron chi connectivity index (χ1n) is 5.72. The highest BCUT2D eigenvalue weighted by Crippen LogP contribution is 2.13. The van der Waals surface area contributed by atoms with Crippen molar-refractivity contribution >= 4 is 22.5 Å². The molecule has 0 heterocycles. The Labute approximate surface area is 120 Å². The summed E-state index contributed by atoms with van der Waals surface area (Å²) < 4.78 is 31.6. The van der Waals surface area contributed by atoms with Gasteiger partial charge in [-0.1, -0.05) is 12.1 Å². The van der Waals surface area contributed by atoms with E-state index in [0.29, 0.717) is 13.0 Å². The molecule has 0 unspecified atom stereocenters. The summed E-state index contributed by atoms with van der Waals surface area (Å²) in [7, 11) is -3.43. The molecule has 0 saturated carbocycles. The Kier molecular flexibility index (Phi) is 8.01. The zero-order valence-electron chi connectivity index (χ0n) is 11.0. The molecule has 1 rings (SSSR count). The molecule has 2 N–H and O–H groups in total. The van der Waals surface area contributed by atoms with Crippen LogP contribution in [0.1, 0.15) is 12.5 Å². The number of hydrogen-bond donors (Lipinski definition) is 1. The molecule has 0 amide bonds. The minimum absolute atomic E-state index is 0. The maximum atomic E-state index is 10.8. The lowest BCUT2D eigenvalue weighted by molar-refractivity contribution is 0.293. The molecule has 19 heavy (non-hydrogen) atoms. The Morgan fingerprint density at radius 1 is 1.26 bits per heavy atom. The second-order valence-corrected chi connectivity index (χ2v) is 5.67. The van der Waals surface area contributed by atoms with Crippen LogP contribution in [0.2, 0.25) is 0 Å². The number of halogens is 1. The van der Waals surface area contributed by atoms with Crippen molar-refractivity contribution in [3.63, 3.8) is 0 Å². The summed E-state index contributed by atoms with van der Waals surface area (Å²) in [6, 6.07) is 7.19. The molecule has 0 aromatic heterocycles. The van der Waals surface area contributed by atoms with Crippen molar-refractivity contribution in [2.45, 2.75) is 19.4 Å². The third-order valence-corrected chi connectivity index (χ3v) is 2.79. The van der Waals surface area contributed by atoms with Gasteiger partial charge < -0.3 is 10.5 Å². The molecular formula is C12H20ClNO4S. The molecule has 0 spiro atoms. The van der Waals surface area contributed by atoms with Crippen LogP contribution < -0.4 is 10.5 Å². The van der Waals surface area contributed by atoms with E-state index in [1.165, 1.54) is 0 Å². The van der Waals surface area contributed by atoms with Gasteiger partial charge in [0, 0.05) is 6.04 Å². The smallest absolute Gasteiger partial charge is 0.264 e. The van der Waals surface area contributed by atoms with Gasteiger partial charge in [0.25, 0.3) is 10.1 Å². The van der Waals surface area contributed by atoms with Crippen molar-refractivity contribution in [2.24, 2.45) is 5.73 Å². The lowest BCUT2D eigenvalue weighted by Crippen LogP contribution is -2.29. The van der Waals surface area contributed by atoms with Gasteiger partial charge in [-0.2, -0.15) is 8.42 Å². The summed E-state index contributed by atoms with van der Waals surface area (Å²) in [6.07, 6.45) is 1.57. The second kappa shape index (κ2) is 8.37. The fourth-order valence-corrected chi connectivity index (χ4v) is 1.88. The zero-order chi connectivity index (χ0) is 13.6. The van der Waals surface area contributed by atoms with Gasteiger partial charge in [-0.3, -0.25) is 4.18 Å². The van der Waals surface area contributed by atoms with Crippen LogP contribution in [-0.2, 0) is 20.7 Å². The summed E-state index contributed by atoms with van der Waals surface area (Å²) in [6.45, 7) is 2.54. The molecule has 5 nitrogen and oxygen atoms in total. The van der Waals surface area contributed by atoms with E-state index in [1.807, 2.05) is 31.2 Å². The van der Waals surface area contributed by atoms with Crippen LogP contribution in [0.3, 0.4) is 0 Å². The largest absolute Gasteiger partial charge is 0.494 e. The van der Waals surface area contributed by atoms with E-state index in [0.717, 1.165) is 17.6 Å². The summed E-state index contributed by atoms with van der Waals surface area (Å²) in [5.41, 5.74) is 6.81. The Morgan fingerprint density at radius 3 is 2.32 bits per heavy atom. The van der Waals surface area contributed by atoms with E-state index in [-0.39, 0.29) is 25.1 Å². The molecule has 0 saturated heterocycles. The second-order valence-electron chi connectivity index (χ2n) is 4.03. The molecule has 0 aliphatic heterocycles. The Hall–Kier alpha value is -0.820. The predicted molar refractivity (Wildman–Crippen MR) is 77.3 cm³/mol. The van der Waals surface area contributed by atoms with Crippen molar-refractivity contribution in [3.8, 4) is 5.75 Å². The van der Waals surface area contributed by atoms with Crippen molar-refractivity contribution in [1.82, 2.24) is 0 Å². The first-order valence-corrected chi connectivity index (χ1v) is 7.54. The average molecular weight is 310 g/mol. The predicted octanol–water partition coefficient (Wildman–Crippen LogP) is 1.35. The molecule has 1 aromatic rings. The van der Waals surface area contributed by atoms with Crippen LogP contribution >= 0.6 is 12.4 Å². The Balaban J connectivity index is 0.00000324. The number of rotatable bonds is 7. The highest BCUT2D eigenvalue weighted by molar-refractivity contribution is 7.85. The van der Waals surface area contributed by atoms with Crippen molar-refractivity contribution < 1.29 is 17.3 Å². The molecule has 0 fully saturated rings. The van der Waals surface area contributed by atoms with E-state index in [2.05, 4.69) is 4.18 Å². The summed E-state index contributed by atoms with van der Waals surface area (Å²) in [4.78, 5) is 0. The monoisotopic (exact) mass is 309 g/mol. The minimum Gasteiger partial charge on any atom is -0.494 e. The maximum Gasteiger partial charge on any atom is 0.264 e. The van der Waals surface area contributed by atoms with E-state index in [1.54, 1.807) is 0 Å². The van der Waals surface area contributed by atoms with Crippen LogP contribution in [0.25, 0.3) is 0 Å². The highest BCUT2D eigenvalue weighted by Gasteiger charge is 2.09. The molecule has 0 bridgehead atoms. The molecule has 1 aromatic carbocycles. The number of nitrogens with two attached hydrogens (primary N) is 1. The molecule has 110 valence electrons. The third-order valence-electron chi connectivity index (χ3n) is 2.23. The molecule has 0 radical (unpaired) electrons. The summed E-state index contributed by atoms with van der Waals surface area (Å²) >= 11 is 0. The quantitative estimate of drug-likeness (QED) is 0.769.